The van der Waals surface area contributed by atoms with Crippen LogP contribution >= 0.6 is 11.3 Å². The fraction of sp³-hybridized carbons (Fsp3) is 0.440. The van der Waals surface area contributed by atoms with Crippen molar-refractivity contribution in [2.45, 2.75) is 38.6 Å². The van der Waals surface area contributed by atoms with E-state index in [1.54, 1.807) is 17.0 Å². The van der Waals surface area contributed by atoms with Gasteiger partial charge in [0.05, 0.1) is 23.1 Å². The number of Topliss-reactive ketones (excluding diaryl/α,β-unsaturated/α-hetero) is 1. The molecule has 0 radical (unpaired) electrons. The Balaban J connectivity index is 1.92. The molecule has 1 amide bonds. The van der Waals surface area contributed by atoms with Crippen LogP contribution in [-0.4, -0.2) is 60.4 Å². The van der Waals surface area contributed by atoms with Crippen molar-refractivity contribution in [3.05, 3.63) is 63.6 Å². The van der Waals surface area contributed by atoms with Crippen LogP contribution < -0.4 is 4.74 Å². The Bertz CT molecular complexity index is 953. The fourth-order valence-electron chi connectivity index (χ4n) is 3.88. The van der Waals surface area contributed by atoms with Gasteiger partial charge in [0, 0.05) is 6.54 Å². The van der Waals surface area contributed by atoms with Crippen molar-refractivity contribution >= 4 is 23.0 Å². The third-order valence-electron chi connectivity index (χ3n) is 5.49. The first-order valence-corrected chi connectivity index (χ1v) is 12.0. The molecule has 1 atom stereocenters. The number of aliphatic hydroxyl groups excluding tert-OH is 1. The maximum absolute atomic E-state index is 13.3. The number of thiophene rings is 1. The topological polar surface area (TPSA) is 70.1 Å². The average Bonchev–Trinajstić information content (AvgIpc) is 3.39. The Morgan fingerprint density at radius 1 is 1.19 bits per heavy atom. The summed E-state index contributed by atoms with van der Waals surface area (Å²) in [5, 5.41) is 12.6. The minimum atomic E-state index is -0.640. The molecule has 6 nitrogen and oxygen atoms in total. The van der Waals surface area contributed by atoms with Crippen molar-refractivity contribution in [1.29, 1.82) is 0 Å². The number of carbonyl (C=O) groups excluding carboxylic acids is 2. The number of rotatable bonds is 12. The zero-order valence-electron chi connectivity index (χ0n) is 19.0. The van der Waals surface area contributed by atoms with E-state index in [1.807, 2.05) is 48.6 Å². The van der Waals surface area contributed by atoms with Gasteiger partial charge in [0.2, 0.25) is 5.78 Å². The number of unbranched alkanes of at least 4 members (excludes halogenated alkanes) is 2. The summed E-state index contributed by atoms with van der Waals surface area (Å²) in [6.45, 7) is 4.00. The predicted octanol–water partition coefficient (Wildman–Crippen LogP) is 4.85. The summed E-state index contributed by atoms with van der Waals surface area (Å²) in [6, 6.07) is 10.4. The SMILES string of the molecule is CCCCCOc1cccc(C2C(C(=O)c3cccs3)=C(O)C(=O)N2CCCN(C)C)c1. The first-order valence-electron chi connectivity index (χ1n) is 11.1. The van der Waals surface area contributed by atoms with Crippen molar-refractivity contribution in [2.24, 2.45) is 0 Å². The van der Waals surface area contributed by atoms with E-state index in [4.69, 9.17) is 4.74 Å². The number of amides is 1. The molecular formula is C25H32N2O4S. The summed E-state index contributed by atoms with van der Waals surface area (Å²) in [5.74, 6) is -0.552. The lowest BCUT2D eigenvalue weighted by Crippen LogP contribution is -2.33. The molecule has 0 saturated carbocycles. The Labute approximate surface area is 194 Å². The van der Waals surface area contributed by atoms with E-state index in [0.29, 0.717) is 23.8 Å². The Morgan fingerprint density at radius 2 is 2.00 bits per heavy atom. The Kier molecular flexibility index (Phi) is 8.47. The molecule has 1 aliphatic rings. The molecule has 172 valence electrons. The molecule has 1 N–H and O–H groups in total. The second-order valence-electron chi connectivity index (χ2n) is 8.25. The number of aliphatic hydroxyl groups is 1. The Morgan fingerprint density at radius 3 is 2.69 bits per heavy atom. The molecule has 1 aromatic carbocycles. The quantitative estimate of drug-likeness (QED) is 0.365. The molecule has 0 aliphatic carbocycles. The molecule has 2 aromatic rings. The predicted molar refractivity (Wildman–Crippen MR) is 127 cm³/mol. The highest BCUT2D eigenvalue weighted by molar-refractivity contribution is 7.12. The van der Waals surface area contributed by atoms with Gasteiger partial charge in [-0.05, 0) is 62.6 Å². The molecule has 32 heavy (non-hydrogen) atoms. The number of ether oxygens (including phenoxy) is 1. The van der Waals surface area contributed by atoms with E-state index in [0.717, 1.165) is 37.8 Å². The smallest absolute Gasteiger partial charge is 0.290 e. The van der Waals surface area contributed by atoms with E-state index >= 15 is 0 Å². The van der Waals surface area contributed by atoms with Gasteiger partial charge >= 0.3 is 0 Å². The standard InChI is InChI=1S/C25H32N2O4S/c1-4-5-6-15-31-19-11-7-10-18(17-19)22-21(23(28)20-12-8-16-32-20)24(29)25(30)27(22)14-9-13-26(2)3/h7-8,10-12,16-17,22,29H,4-6,9,13-15H2,1-3H3. The van der Waals surface area contributed by atoms with Crippen LogP contribution in [0.2, 0.25) is 0 Å². The van der Waals surface area contributed by atoms with E-state index in [-0.39, 0.29) is 11.4 Å². The first-order chi connectivity index (χ1) is 15.4. The van der Waals surface area contributed by atoms with Crippen molar-refractivity contribution in [3.8, 4) is 5.75 Å². The van der Waals surface area contributed by atoms with Crippen molar-refractivity contribution < 1.29 is 19.4 Å². The van der Waals surface area contributed by atoms with Crippen LogP contribution in [0.1, 0.15) is 53.9 Å². The molecule has 1 unspecified atom stereocenters. The fourth-order valence-corrected chi connectivity index (χ4v) is 4.55. The van der Waals surface area contributed by atoms with Crippen molar-refractivity contribution in [1.82, 2.24) is 9.80 Å². The average molecular weight is 457 g/mol. The maximum Gasteiger partial charge on any atom is 0.290 e. The lowest BCUT2D eigenvalue weighted by atomic mass is 9.95. The van der Waals surface area contributed by atoms with Gasteiger partial charge in [-0.3, -0.25) is 9.59 Å². The van der Waals surface area contributed by atoms with Crippen LogP contribution in [0.15, 0.2) is 53.1 Å². The number of hydrogen-bond donors (Lipinski definition) is 1. The summed E-state index contributed by atoms with van der Waals surface area (Å²) in [7, 11) is 3.95. The summed E-state index contributed by atoms with van der Waals surface area (Å²) >= 11 is 1.30. The van der Waals surface area contributed by atoms with Crippen molar-refractivity contribution in [3.63, 3.8) is 0 Å². The minimum absolute atomic E-state index is 0.144. The molecule has 0 bridgehead atoms. The van der Waals surface area contributed by atoms with Crippen LogP contribution in [-0.2, 0) is 4.79 Å². The third-order valence-corrected chi connectivity index (χ3v) is 6.36. The number of hydrogen-bond acceptors (Lipinski definition) is 6. The monoisotopic (exact) mass is 456 g/mol. The summed E-state index contributed by atoms with van der Waals surface area (Å²) in [6.07, 6.45) is 3.93. The van der Waals surface area contributed by atoms with Crippen LogP contribution in [0.3, 0.4) is 0 Å². The summed E-state index contributed by atoms with van der Waals surface area (Å²) in [5.41, 5.74) is 0.908. The van der Waals surface area contributed by atoms with Crippen LogP contribution in [0, 0.1) is 0 Å². The first kappa shape index (κ1) is 24.0. The van der Waals surface area contributed by atoms with Gasteiger partial charge < -0.3 is 19.6 Å². The molecule has 0 fully saturated rings. The zero-order valence-corrected chi connectivity index (χ0v) is 19.9. The number of carbonyl (C=O) groups is 2. The number of benzene rings is 1. The molecule has 1 aliphatic heterocycles. The lowest BCUT2D eigenvalue weighted by Gasteiger charge is -2.27. The van der Waals surface area contributed by atoms with Gasteiger partial charge in [-0.1, -0.05) is 38.0 Å². The normalized spacial score (nSPS) is 16.3. The molecule has 3 rings (SSSR count). The largest absolute Gasteiger partial charge is 0.503 e. The highest BCUT2D eigenvalue weighted by Gasteiger charge is 2.43. The second kappa shape index (κ2) is 11.3. The summed E-state index contributed by atoms with van der Waals surface area (Å²) in [4.78, 5) is 30.4. The maximum atomic E-state index is 13.3. The molecule has 1 aromatic heterocycles. The van der Waals surface area contributed by atoms with Gasteiger partial charge in [-0.25, -0.2) is 0 Å². The molecule has 7 heteroatoms. The van der Waals surface area contributed by atoms with E-state index in [2.05, 4.69) is 6.92 Å². The summed E-state index contributed by atoms with van der Waals surface area (Å²) < 4.78 is 5.91. The van der Waals surface area contributed by atoms with Crippen LogP contribution in [0.25, 0.3) is 0 Å². The highest BCUT2D eigenvalue weighted by atomic mass is 32.1. The zero-order chi connectivity index (χ0) is 23.1. The van der Waals surface area contributed by atoms with Crippen LogP contribution in [0.5, 0.6) is 5.75 Å². The lowest BCUT2D eigenvalue weighted by molar-refractivity contribution is -0.129. The second-order valence-corrected chi connectivity index (χ2v) is 9.20. The van der Waals surface area contributed by atoms with E-state index in [1.165, 1.54) is 11.3 Å². The third kappa shape index (κ3) is 5.58. The molecule has 0 saturated heterocycles. The minimum Gasteiger partial charge on any atom is -0.503 e. The number of ketones is 1. The van der Waals surface area contributed by atoms with Gasteiger partial charge in [-0.2, -0.15) is 0 Å². The number of nitrogens with zero attached hydrogens (tertiary/aromatic N) is 2. The Hall–Kier alpha value is -2.64. The van der Waals surface area contributed by atoms with E-state index < -0.39 is 17.7 Å². The highest BCUT2D eigenvalue weighted by Crippen LogP contribution is 2.40. The van der Waals surface area contributed by atoms with Gasteiger partial charge in [-0.15, -0.1) is 11.3 Å². The van der Waals surface area contributed by atoms with Crippen molar-refractivity contribution in [2.75, 3.05) is 33.8 Å². The van der Waals surface area contributed by atoms with Gasteiger partial charge in [0.15, 0.2) is 5.76 Å². The van der Waals surface area contributed by atoms with Gasteiger partial charge in [0.1, 0.15) is 5.75 Å². The molecule has 0 spiro atoms. The van der Waals surface area contributed by atoms with Crippen LogP contribution in [0.4, 0.5) is 0 Å². The molecular weight excluding hydrogens is 424 g/mol. The van der Waals surface area contributed by atoms with E-state index in [9.17, 15) is 14.7 Å². The molecule has 2 heterocycles. The van der Waals surface area contributed by atoms with Gasteiger partial charge in [0.25, 0.3) is 5.91 Å².